The molecule has 0 amide bonds. The molecule has 2 unspecified atom stereocenters. The number of fused-ring (bicyclic) bond motifs is 12. The molecule has 8 N–H and O–H groups in total. The van der Waals surface area contributed by atoms with Crippen molar-refractivity contribution in [3.8, 4) is 11.5 Å². The highest BCUT2D eigenvalue weighted by Crippen LogP contribution is 2.73. The van der Waals surface area contributed by atoms with E-state index in [2.05, 4.69) is 10.6 Å². The minimum Gasteiger partial charge on any atom is -0.492 e. The summed E-state index contributed by atoms with van der Waals surface area (Å²) in [6.07, 6.45) is 11.7. The summed E-state index contributed by atoms with van der Waals surface area (Å²) in [4.78, 5) is 108. The van der Waals surface area contributed by atoms with Crippen LogP contribution < -0.4 is 40.8 Å². The molecule has 2 aromatic heterocycles. The molecule has 0 spiro atoms. The van der Waals surface area contributed by atoms with Crippen LogP contribution in [0.3, 0.4) is 0 Å². The summed E-state index contributed by atoms with van der Waals surface area (Å²) in [5, 5.41) is 70.6. The van der Waals surface area contributed by atoms with E-state index >= 15 is 17.6 Å². The molecule has 2 aliphatic heterocycles. The number of nitrogens with one attached hydrogen (secondary N) is 2. The van der Waals surface area contributed by atoms with E-state index in [-0.39, 0.29) is 99.0 Å². The van der Waals surface area contributed by atoms with Crippen LogP contribution in [0.25, 0.3) is 21.8 Å². The number of hydrogen-bond donors (Lipinski definition) is 8. The zero-order valence-corrected chi connectivity index (χ0v) is 68.1. The standard InChI is InChI=1S/C44H55F2N3O9.C22H29FO5.C21H26FN3O4/c1-22-16-30-29-11-8-26-17-28(51)12-13-41(26,5)43(29,46)32(18-42(30,6)44(22,55)31(52)20-50)57-21-58-40(54)34-25(4)49(27-9-10-27)36-33(38(34)53)24(3)35(45)37(39(36)56-7)48-15-14-47-23(2)19-48;1-12-8-16-15-5-4-13-9-14(25)6-7-19(13,2)21(15,23)17(26)10-20(16,3)22(12,28)18(27)11-24;1-10-9-24(8-7-23-10)18-16(22)11(2)14-17(20(18)29-4)25(13-5-6-13)12(3)15(19(14)26)21(27)28/h12-13,17,22-23,27,29-30,32,47,50,55H,8-11,14-16,18-21H2,1-7H3;6-7,9,12,15-17,24,26,28H,4-5,8,10-11H2,1-3H3;10,13,23H,5-9H2,1-4H3,(H,27,28)/t22-,23?,29-,30-,32-,41-,42-,43-,44-;12-,15-,16-,17-,19-,20-,21-,22-;/m00./s1. The van der Waals surface area contributed by atoms with Gasteiger partial charge in [-0.1, -0.05) is 51.0 Å². The summed E-state index contributed by atoms with van der Waals surface area (Å²) in [7, 11) is 2.92. The lowest BCUT2D eigenvalue weighted by Gasteiger charge is -2.63. The number of aliphatic hydroxyl groups is 5. The number of piperazine rings is 2. The van der Waals surface area contributed by atoms with E-state index in [1.807, 2.05) is 32.8 Å². The smallest absolute Gasteiger partial charge is 0.346 e. The van der Waals surface area contributed by atoms with Gasteiger partial charge in [-0.2, -0.15) is 0 Å². The maximum atomic E-state index is 18.6. The number of carboxylic acids is 1. The van der Waals surface area contributed by atoms with Gasteiger partial charge in [0.05, 0.1) is 48.2 Å². The van der Waals surface area contributed by atoms with Crippen molar-refractivity contribution in [1.29, 1.82) is 0 Å². The van der Waals surface area contributed by atoms with E-state index < -0.39 is 152 Å². The van der Waals surface area contributed by atoms with Gasteiger partial charge in [0, 0.05) is 119 Å². The van der Waals surface area contributed by atoms with Crippen LogP contribution in [0.4, 0.5) is 28.9 Å². The SMILES string of the molecule is COc1c(N2CCNC(C)C2)c(F)c(C)c2c(=O)c(C(=O)O)c(C)n(C3CC3)c12.COc1c(N2CCNC(C)C2)c(F)c(C)c2c(=O)c(C(=O)OCO[C@H]3C[C@@]4(C)[C@@H](C[C@H](C)[C@]4(O)C(=O)CO)[C@@H]4CCC5=CC(=O)C=C[C@]5(C)[C@@]34F)c(C)n(C3CC3)c12.C[C@H]1C[C@H]2[C@@H]3CCC4=CC(=O)C=C[C@]4(C)[C@@]3(F)[C@@H](O)C[C@]2(C)[C@@]1(O)C(=O)CO. The van der Waals surface area contributed by atoms with Gasteiger partial charge >= 0.3 is 11.9 Å². The van der Waals surface area contributed by atoms with Gasteiger partial charge in [-0.15, -0.1) is 0 Å². The van der Waals surface area contributed by atoms with Gasteiger partial charge in [0.1, 0.15) is 46.9 Å². The molecule has 0 radical (unpaired) electrons. The predicted molar refractivity (Wildman–Crippen MR) is 420 cm³/mol. The molecule has 0 bridgehead atoms. The molecule has 115 heavy (non-hydrogen) atoms. The van der Waals surface area contributed by atoms with Gasteiger partial charge in [0.25, 0.3) is 0 Å². The molecule has 624 valence electrons. The van der Waals surface area contributed by atoms with E-state index in [0.29, 0.717) is 123 Å². The van der Waals surface area contributed by atoms with Crippen molar-refractivity contribution in [3.63, 3.8) is 0 Å². The number of aryl methyl sites for hydroxylation is 2. The van der Waals surface area contributed by atoms with Crippen molar-refractivity contribution in [2.45, 2.75) is 219 Å². The van der Waals surface area contributed by atoms with Gasteiger partial charge in [-0.05, 0) is 180 Å². The summed E-state index contributed by atoms with van der Waals surface area (Å²) in [6, 6.07) is 0.295. The molecule has 10 fully saturated rings. The number of ether oxygens (including phenoxy) is 4. The van der Waals surface area contributed by atoms with E-state index in [9.17, 15) is 69.0 Å². The third kappa shape index (κ3) is 12.1. The number of alkyl halides is 2. The van der Waals surface area contributed by atoms with Crippen LogP contribution in [-0.4, -0.2) is 195 Å². The molecule has 24 nitrogen and oxygen atoms in total. The van der Waals surface area contributed by atoms with Crippen LogP contribution in [-0.2, 0) is 28.7 Å². The monoisotopic (exact) mass is 1600 g/mol. The average Bonchev–Trinajstić information content (AvgIpc) is 1.64. The first-order valence-electron chi connectivity index (χ1n) is 40.7. The Morgan fingerprint density at radius 3 is 1.41 bits per heavy atom. The van der Waals surface area contributed by atoms with Crippen molar-refractivity contribution < 1.29 is 95.9 Å². The molecule has 12 aliphatic rings. The van der Waals surface area contributed by atoms with Crippen LogP contribution in [0.1, 0.15) is 188 Å². The number of halogens is 4. The van der Waals surface area contributed by atoms with Crippen LogP contribution in [0.5, 0.6) is 11.5 Å². The molecule has 18 atom stereocenters. The first-order chi connectivity index (χ1) is 54.1. The lowest BCUT2D eigenvalue weighted by atomic mass is 9.44. The zero-order chi connectivity index (χ0) is 83.6. The van der Waals surface area contributed by atoms with Crippen LogP contribution >= 0.6 is 0 Å². The summed E-state index contributed by atoms with van der Waals surface area (Å²) in [5.41, 5.74) is -10.7. The van der Waals surface area contributed by atoms with Gasteiger partial charge < -0.3 is 79.2 Å². The number of rotatable bonds is 15. The van der Waals surface area contributed by atoms with Gasteiger partial charge in [-0.25, -0.2) is 27.2 Å². The average molecular weight is 1600 g/mol. The second kappa shape index (κ2) is 29.5. The molecule has 16 rings (SSSR count). The quantitative estimate of drug-likeness (QED) is 0.0312. The molecular weight excluding hydrogens is 1490 g/mol. The Bertz CT molecular complexity index is 5030. The number of methoxy groups -OCH3 is 2. The fourth-order valence-corrected chi connectivity index (χ4v) is 24.0. The van der Waals surface area contributed by atoms with E-state index in [1.54, 1.807) is 74.5 Å². The number of allylic oxidation sites excluding steroid dienone is 8. The number of aliphatic hydroxyl groups excluding tert-OH is 3. The Morgan fingerprint density at radius 1 is 0.591 bits per heavy atom. The lowest BCUT2D eigenvalue weighted by Crippen LogP contribution is -2.70. The third-order valence-corrected chi connectivity index (χ3v) is 30.0. The van der Waals surface area contributed by atoms with Crippen LogP contribution in [0, 0.1) is 96.5 Å². The minimum atomic E-state index is -2.17. The highest BCUT2D eigenvalue weighted by Gasteiger charge is 2.78. The number of carboxylic acid groups (broad SMARTS) is 1. The van der Waals surface area contributed by atoms with Gasteiger partial charge in [0.15, 0.2) is 64.4 Å². The fraction of sp³-hybridized carbons (Fsp3) is 0.632. The molecular formula is C87H110F4N6O18. The largest absolute Gasteiger partial charge is 0.492 e. The first-order valence-corrected chi connectivity index (χ1v) is 40.7. The second-order valence-electron chi connectivity index (χ2n) is 36.0. The van der Waals surface area contributed by atoms with Crippen molar-refractivity contribution in [3.05, 3.63) is 113 Å². The second-order valence-corrected chi connectivity index (χ2v) is 36.0. The number of carbonyl (C=O) groups excluding carboxylic acids is 5. The number of anilines is 2. The van der Waals surface area contributed by atoms with Crippen molar-refractivity contribution >= 4 is 68.3 Å². The number of aromatic nitrogens is 2. The topological polar surface area (TPSA) is 335 Å². The molecule has 2 saturated heterocycles. The Balaban J connectivity index is 0.000000159. The van der Waals surface area contributed by atoms with Crippen molar-refractivity contribution in [2.24, 2.45) is 57.2 Å². The number of nitrogens with zero attached hydrogens (tertiary/aromatic N) is 4. The summed E-state index contributed by atoms with van der Waals surface area (Å²) in [5.74, 6) is -7.83. The maximum Gasteiger partial charge on any atom is 0.346 e. The normalized spacial score (nSPS) is 35.7. The zero-order valence-electron chi connectivity index (χ0n) is 68.1. The Hall–Kier alpha value is -7.96. The molecule has 4 heterocycles. The highest BCUT2D eigenvalue weighted by molar-refractivity contribution is 6.04. The molecule has 28 heteroatoms. The fourth-order valence-electron chi connectivity index (χ4n) is 24.0. The predicted octanol–water partition coefficient (Wildman–Crippen LogP) is 9.44. The third-order valence-electron chi connectivity index (χ3n) is 30.0. The number of esters is 1. The molecule has 8 saturated carbocycles. The number of Topliss-reactive ketones (excluding diaryl/α,β-unsaturated/α-hetero) is 2. The lowest BCUT2D eigenvalue weighted by molar-refractivity contribution is -0.244. The molecule has 10 aliphatic carbocycles. The number of aromatic carboxylic acids is 1. The van der Waals surface area contributed by atoms with E-state index in [1.165, 1.54) is 45.4 Å². The summed E-state index contributed by atoms with van der Waals surface area (Å²) in [6.45, 7) is 22.1. The number of pyridine rings is 2. The first kappa shape index (κ1) is 83.5. The maximum absolute atomic E-state index is 18.6. The Labute approximate surface area is 665 Å². The Morgan fingerprint density at radius 2 is 1.00 bits per heavy atom. The van der Waals surface area contributed by atoms with Gasteiger partial charge in [0.2, 0.25) is 10.9 Å². The summed E-state index contributed by atoms with van der Waals surface area (Å²) >= 11 is 0. The number of hydrogen-bond acceptors (Lipinski definition) is 21. The number of ketones is 4. The highest BCUT2D eigenvalue weighted by atomic mass is 19.2. The van der Waals surface area contributed by atoms with Crippen molar-refractivity contribution in [2.75, 3.05) is 83.3 Å². The summed E-state index contributed by atoms with van der Waals surface area (Å²) < 4.78 is 95.0. The number of carbonyl (C=O) groups is 6. The number of benzene rings is 2. The van der Waals surface area contributed by atoms with Gasteiger partial charge in [-0.3, -0.25) is 28.8 Å². The minimum absolute atomic E-state index is 0.0136. The molecule has 2 aromatic carbocycles. The van der Waals surface area contributed by atoms with Crippen molar-refractivity contribution in [1.82, 2.24) is 19.8 Å². The van der Waals surface area contributed by atoms with E-state index in [0.717, 1.165) is 25.7 Å². The van der Waals surface area contributed by atoms with E-state index in [4.69, 9.17) is 18.9 Å². The Kier molecular flexibility index (Phi) is 21.5. The molecule has 4 aromatic rings. The van der Waals surface area contributed by atoms with Crippen LogP contribution in [0.2, 0.25) is 0 Å². The van der Waals surface area contributed by atoms with Crippen LogP contribution in [0.15, 0.2) is 57.2 Å².